The zero-order valence-electron chi connectivity index (χ0n) is 15.2. The summed E-state index contributed by atoms with van der Waals surface area (Å²) in [6.45, 7) is 1.36. The van der Waals surface area contributed by atoms with E-state index in [4.69, 9.17) is 21.1 Å². The fraction of sp³-hybridized carbons (Fsp3) is 0.250. The fourth-order valence-electron chi connectivity index (χ4n) is 2.38. The fourth-order valence-corrected chi connectivity index (χ4v) is 2.57. The summed E-state index contributed by atoms with van der Waals surface area (Å²) in [5, 5.41) is 12.3. The van der Waals surface area contributed by atoms with Crippen molar-refractivity contribution in [1.82, 2.24) is 5.32 Å². The Morgan fingerprint density at radius 3 is 2.39 bits per heavy atom. The second-order valence-corrected chi connectivity index (χ2v) is 6.34. The lowest BCUT2D eigenvalue weighted by Crippen LogP contribution is -2.42. The number of rotatable bonds is 9. The maximum absolute atomic E-state index is 12.1. The van der Waals surface area contributed by atoms with Gasteiger partial charge in [0.25, 0.3) is 0 Å². The smallest absolute Gasteiger partial charge is 0.326 e. The van der Waals surface area contributed by atoms with E-state index in [-0.39, 0.29) is 19.4 Å². The number of hydrogen-bond donors (Lipinski definition) is 2. The molecule has 2 rings (SSSR count). The second kappa shape index (κ2) is 10.3. The van der Waals surface area contributed by atoms with Crippen molar-refractivity contribution in [3.8, 4) is 11.5 Å². The van der Waals surface area contributed by atoms with Crippen molar-refractivity contribution in [3.63, 3.8) is 0 Å². The highest BCUT2D eigenvalue weighted by atomic mass is 35.5. The average Bonchev–Trinajstić information content (AvgIpc) is 2.64. The molecule has 0 saturated carbocycles. The van der Waals surface area contributed by atoms with Gasteiger partial charge in [0, 0.05) is 13.3 Å². The molecule has 2 aromatic rings. The summed E-state index contributed by atoms with van der Waals surface area (Å²) in [6.07, 6.45) is 0.0766. The molecule has 0 aliphatic rings. The first kappa shape index (κ1) is 21.2. The maximum Gasteiger partial charge on any atom is 0.326 e. The molecule has 0 aliphatic heterocycles. The highest BCUT2D eigenvalue weighted by molar-refractivity contribution is 6.32. The molecule has 1 amide bonds. The van der Waals surface area contributed by atoms with E-state index in [0.29, 0.717) is 22.1 Å². The van der Waals surface area contributed by atoms with Gasteiger partial charge in [0.2, 0.25) is 5.91 Å². The number of carbonyl (C=O) groups is 3. The number of para-hydroxylation sites is 1. The van der Waals surface area contributed by atoms with Crippen LogP contribution in [0.15, 0.2) is 48.5 Å². The maximum atomic E-state index is 12.1. The van der Waals surface area contributed by atoms with E-state index in [0.717, 1.165) is 0 Å². The lowest BCUT2D eigenvalue weighted by molar-refractivity contribution is -0.141. The van der Waals surface area contributed by atoms with Gasteiger partial charge in [-0.05, 0) is 29.8 Å². The van der Waals surface area contributed by atoms with E-state index < -0.39 is 23.9 Å². The molecule has 0 saturated heterocycles. The monoisotopic (exact) mass is 405 g/mol. The third-order valence-corrected chi connectivity index (χ3v) is 3.99. The quantitative estimate of drug-likeness (QED) is 0.491. The number of nitrogens with one attached hydrogen (secondary N) is 1. The summed E-state index contributed by atoms with van der Waals surface area (Å²) in [5.74, 6) is -1.22. The number of halogens is 1. The molecule has 0 spiro atoms. The van der Waals surface area contributed by atoms with Gasteiger partial charge in [-0.15, -0.1) is 0 Å². The van der Waals surface area contributed by atoms with Crippen molar-refractivity contribution in [2.24, 2.45) is 0 Å². The van der Waals surface area contributed by atoms with Crippen LogP contribution in [0.3, 0.4) is 0 Å². The minimum atomic E-state index is -1.15. The molecule has 148 valence electrons. The molecule has 1 atom stereocenters. The Balaban J connectivity index is 1.86. The van der Waals surface area contributed by atoms with Gasteiger partial charge in [-0.25, -0.2) is 4.79 Å². The topological polar surface area (TPSA) is 102 Å². The number of hydrogen-bond acceptors (Lipinski definition) is 5. The van der Waals surface area contributed by atoms with Crippen LogP contribution in [-0.2, 0) is 20.8 Å². The minimum Gasteiger partial charge on any atom is -0.491 e. The van der Waals surface area contributed by atoms with Crippen LogP contribution in [0, 0.1) is 0 Å². The summed E-state index contributed by atoms with van der Waals surface area (Å²) >= 11 is 5.96. The zero-order valence-corrected chi connectivity index (χ0v) is 15.9. The second-order valence-electron chi connectivity index (χ2n) is 5.93. The highest BCUT2D eigenvalue weighted by Gasteiger charge is 2.20. The molecule has 0 bridgehead atoms. The van der Waals surface area contributed by atoms with E-state index in [1.165, 1.54) is 6.92 Å². The number of benzene rings is 2. The van der Waals surface area contributed by atoms with E-state index in [2.05, 4.69) is 5.32 Å². The molecule has 0 heterocycles. The SMILES string of the molecule is CC(=O)Oc1ccc(CC(NC(=O)CCOc2ccccc2Cl)C(=O)O)cc1. The number of aliphatic carboxylic acids is 1. The normalized spacial score (nSPS) is 11.4. The van der Waals surface area contributed by atoms with E-state index in [1.54, 1.807) is 48.5 Å². The largest absolute Gasteiger partial charge is 0.491 e. The van der Waals surface area contributed by atoms with Crippen LogP contribution in [0.5, 0.6) is 11.5 Å². The molecule has 0 fully saturated rings. The van der Waals surface area contributed by atoms with Gasteiger partial charge in [0.05, 0.1) is 18.1 Å². The number of carboxylic acid groups (broad SMARTS) is 1. The van der Waals surface area contributed by atoms with Crippen molar-refractivity contribution in [1.29, 1.82) is 0 Å². The number of carbonyl (C=O) groups excluding carboxylic acids is 2. The van der Waals surface area contributed by atoms with Crippen molar-refractivity contribution >= 4 is 29.4 Å². The molecule has 2 N–H and O–H groups in total. The van der Waals surface area contributed by atoms with Crippen LogP contribution in [0.4, 0.5) is 0 Å². The van der Waals surface area contributed by atoms with Gasteiger partial charge in [-0.2, -0.15) is 0 Å². The van der Waals surface area contributed by atoms with E-state index >= 15 is 0 Å². The molecule has 0 radical (unpaired) electrons. The summed E-state index contributed by atoms with van der Waals surface area (Å²) in [5.41, 5.74) is 0.677. The van der Waals surface area contributed by atoms with Crippen LogP contribution in [0.25, 0.3) is 0 Å². The van der Waals surface area contributed by atoms with Gasteiger partial charge in [-0.1, -0.05) is 35.9 Å². The highest BCUT2D eigenvalue weighted by Crippen LogP contribution is 2.23. The third kappa shape index (κ3) is 6.92. The number of ether oxygens (including phenoxy) is 2. The first-order chi connectivity index (χ1) is 13.3. The van der Waals surface area contributed by atoms with Crippen LogP contribution in [0.2, 0.25) is 5.02 Å². The standard InChI is InChI=1S/C20H20ClNO6/c1-13(23)28-15-8-6-14(7-9-15)12-17(20(25)26)22-19(24)10-11-27-18-5-3-2-4-16(18)21/h2-9,17H,10-12H2,1H3,(H,22,24)(H,25,26). The predicted molar refractivity (Wildman–Crippen MR) is 103 cm³/mol. The summed E-state index contributed by atoms with van der Waals surface area (Å²) in [4.78, 5) is 34.4. The molecule has 7 nitrogen and oxygen atoms in total. The Labute approximate surface area is 167 Å². The van der Waals surface area contributed by atoms with Crippen LogP contribution in [-0.4, -0.2) is 35.6 Å². The molecule has 8 heteroatoms. The van der Waals surface area contributed by atoms with Gasteiger partial charge >= 0.3 is 11.9 Å². The first-order valence-corrected chi connectivity index (χ1v) is 8.90. The Morgan fingerprint density at radius 1 is 1.11 bits per heavy atom. The molecular formula is C20H20ClNO6. The Morgan fingerprint density at radius 2 is 1.79 bits per heavy atom. The Kier molecular flexibility index (Phi) is 7.83. The average molecular weight is 406 g/mol. The molecule has 1 unspecified atom stereocenters. The van der Waals surface area contributed by atoms with Crippen molar-refractivity contribution in [3.05, 3.63) is 59.1 Å². The number of amides is 1. The van der Waals surface area contributed by atoms with Crippen molar-refractivity contribution in [2.45, 2.75) is 25.8 Å². The minimum absolute atomic E-state index is 0.0135. The van der Waals surface area contributed by atoms with Crippen LogP contribution < -0.4 is 14.8 Å². The zero-order chi connectivity index (χ0) is 20.5. The number of esters is 1. The molecule has 0 aromatic heterocycles. The van der Waals surface area contributed by atoms with Gasteiger partial charge in [0.15, 0.2) is 0 Å². The summed E-state index contributed by atoms with van der Waals surface area (Å²) in [6, 6.07) is 12.2. The molecular weight excluding hydrogens is 386 g/mol. The molecule has 28 heavy (non-hydrogen) atoms. The van der Waals surface area contributed by atoms with Crippen molar-refractivity contribution in [2.75, 3.05) is 6.61 Å². The van der Waals surface area contributed by atoms with E-state index in [1.807, 2.05) is 0 Å². The summed E-state index contributed by atoms with van der Waals surface area (Å²) in [7, 11) is 0. The van der Waals surface area contributed by atoms with Crippen LogP contribution >= 0.6 is 11.6 Å². The first-order valence-electron chi connectivity index (χ1n) is 8.52. The lowest BCUT2D eigenvalue weighted by atomic mass is 10.1. The van der Waals surface area contributed by atoms with Gasteiger partial charge < -0.3 is 19.9 Å². The van der Waals surface area contributed by atoms with Crippen molar-refractivity contribution < 1.29 is 29.0 Å². The van der Waals surface area contributed by atoms with Gasteiger partial charge in [0.1, 0.15) is 17.5 Å². The molecule has 2 aromatic carbocycles. The predicted octanol–water partition coefficient (Wildman–Crippen LogP) is 2.85. The number of carboxylic acids is 1. The van der Waals surface area contributed by atoms with Gasteiger partial charge in [-0.3, -0.25) is 9.59 Å². The van der Waals surface area contributed by atoms with Crippen LogP contribution in [0.1, 0.15) is 18.9 Å². The lowest BCUT2D eigenvalue weighted by Gasteiger charge is -2.15. The Hall–Kier alpha value is -3.06. The van der Waals surface area contributed by atoms with E-state index in [9.17, 15) is 19.5 Å². The Bertz CT molecular complexity index is 837. The third-order valence-electron chi connectivity index (χ3n) is 3.68. The summed E-state index contributed by atoms with van der Waals surface area (Å²) < 4.78 is 10.4. The molecule has 0 aliphatic carbocycles.